The molecule has 44 heavy (non-hydrogen) atoms. The van der Waals surface area contributed by atoms with Crippen LogP contribution in [0.4, 0.5) is 0 Å². The molecule has 260 valence electrons. The second-order valence-corrected chi connectivity index (χ2v) is 10.9. The van der Waals surface area contributed by atoms with Crippen LogP contribution in [0.1, 0.15) is 110 Å². The second kappa shape index (κ2) is 39.8. The van der Waals surface area contributed by atoms with Gasteiger partial charge in [-0.05, 0) is 6.42 Å². The molecule has 0 unspecified atom stereocenters. The lowest BCUT2D eigenvalue weighted by Gasteiger charge is -2.08. The minimum atomic E-state index is -0.128. The predicted molar refractivity (Wildman–Crippen MR) is 175 cm³/mol. The molecular weight excluding hydrogens is 564 g/mol. The van der Waals surface area contributed by atoms with E-state index in [4.69, 9.17) is 44.3 Å². The monoisotopic (exact) mass is 630 g/mol. The summed E-state index contributed by atoms with van der Waals surface area (Å²) in [5.74, 6) is 2.27. The molecule has 0 fully saturated rings. The van der Waals surface area contributed by atoms with Gasteiger partial charge >= 0.3 is 5.97 Å². The number of carbonyl (C=O) groups is 1. The van der Waals surface area contributed by atoms with E-state index in [1.807, 2.05) is 0 Å². The zero-order chi connectivity index (χ0) is 31.9. The van der Waals surface area contributed by atoms with Gasteiger partial charge in [0.1, 0.15) is 13.2 Å². The Bertz CT molecular complexity index is 597. The summed E-state index contributed by atoms with van der Waals surface area (Å²) < 4.78 is 42.9. The Morgan fingerprint density at radius 2 is 0.727 bits per heavy atom. The first-order valence-electron chi connectivity index (χ1n) is 17.4. The molecule has 0 amide bonds. The van der Waals surface area contributed by atoms with Gasteiger partial charge < -0.3 is 37.9 Å². The zero-order valence-corrected chi connectivity index (χ0v) is 28.2. The van der Waals surface area contributed by atoms with Crippen molar-refractivity contribution in [2.24, 2.45) is 0 Å². The first-order chi connectivity index (χ1) is 21.8. The van der Waals surface area contributed by atoms with Crippen LogP contribution in [0.3, 0.4) is 0 Å². The molecule has 0 aromatic carbocycles. The van der Waals surface area contributed by atoms with Crippen molar-refractivity contribution >= 4 is 5.97 Å². The molecule has 0 saturated carbocycles. The molecule has 9 heteroatoms. The molecule has 0 heterocycles. The van der Waals surface area contributed by atoms with Gasteiger partial charge in [-0.3, -0.25) is 4.79 Å². The zero-order valence-electron chi connectivity index (χ0n) is 28.2. The van der Waals surface area contributed by atoms with Crippen LogP contribution in [0.25, 0.3) is 0 Å². The average molecular weight is 631 g/mol. The van der Waals surface area contributed by atoms with Gasteiger partial charge in [0.2, 0.25) is 0 Å². The van der Waals surface area contributed by atoms with Crippen molar-refractivity contribution in [2.45, 2.75) is 110 Å². The van der Waals surface area contributed by atoms with Crippen molar-refractivity contribution in [1.29, 1.82) is 0 Å². The summed E-state index contributed by atoms with van der Waals surface area (Å²) in [5, 5.41) is 0. The van der Waals surface area contributed by atoms with E-state index in [0.29, 0.717) is 106 Å². The predicted octanol–water partition coefficient (Wildman–Crippen LogP) is 6.54. The SMILES string of the molecule is C#CCOCCOCCOCCOCCOCCOCCOCCOC(=O)CCCCCCCCCCCCCCCCC. The van der Waals surface area contributed by atoms with E-state index < -0.39 is 0 Å². The summed E-state index contributed by atoms with van der Waals surface area (Å²) in [7, 11) is 0. The Labute approximate surface area is 269 Å². The van der Waals surface area contributed by atoms with Crippen molar-refractivity contribution in [3.8, 4) is 12.3 Å². The highest BCUT2D eigenvalue weighted by Crippen LogP contribution is 2.13. The largest absolute Gasteiger partial charge is 0.463 e. The number of terminal acetylenes is 1. The maximum absolute atomic E-state index is 11.8. The van der Waals surface area contributed by atoms with E-state index in [9.17, 15) is 4.79 Å². The molecule has 0 spiro atoms. The van der Waals surface area contributed by atoms with Gasteiger partial charge in [-0.2, -0.15) is 0 Å². The third-order valence-corrected chi connectivity index (χ3v) is 6.89. The lowest BCUT2D eigenvalue weighted by Crippen LogP contribution is -2.15. The van der Waals surface area contributed by atoms with Gasteiger partial charge in [0, 0.05) is 6.42 Å². The fourth-order valence-corrected chi connectivity index (χ4v) is 4.38. The molecule has 0 aromatic rings. The van der Waals surface area contributed by atoms with E-state index in [1.54, 1.807) is 0 Å². The molecule has 0 aliphatic carbocycles. The quantitative estimate of drug-likeness (QED) is 0.0428. The fourth-order valence-electron chi connectivity index (χ4n) is 4.38. The molecule has 0 aliphatic rings. The van der Waals surface area contributed by atoms with E-state index >= 15 is 0 Å². The van der Waals surface area contributed by atoms with Crippen molar-refractivity contribution in [3.05, 3.63) is 0 Å². The Morgan fingerprint density at radius 1 is 0.432 bits per heavy atom. The highest BCUT2D eigenvalue weighted by atomic mass is 16.6. The van der Waals surface area contributed by atoms with Crippen LogP contribution in [0.5, 0.6) is 0 Å². The first kappa shape index (κ1) is 42.8. The summed E-state index contributed by atoms with van der Waals surface area (Å²) >= 11 is 0. The highest BCUT2D eigenvalue weighted by molar-refractivity contribution is 5.69. The molecule has 0 atom stereocenters. The number of hydrogen-bond donors (Lipinski definition) is 0. The van der Waals surface area contributed by atoms with Gasteiger partial charge in [0.25, 0.3) is 0 Å². The molecule has 9 nitrogen and oxygen atoms in total. The van der Waals surface area contributed by atoms with E-state index in [0.717, 1.165) is 12.8 Å². The molecular formula is C35H66O9. The second-order valence-electron chi connectivity index (χ2n) is 10.9. The van der Waals surface area contributed by atoms with Crippen LogP contribution in [0.2, 0.25) is 0 Å². The van der Waals surface area contributed by atoms with Crippen LogP contribution in [-0.2, 0) is 42.7 Å². The number of hydrogen-bond acceptors (Lipinski definition) is 9. The Balaban J connectivity index is 3.14. The van der Waals surface area contributed by atoms with Crippen molar-refractivity contribution in [1.82, 2.24) is 0 Å². The van der Waals surface area contributed by atoms with Gasteiger partial charge in [-0.1, -0.05) is 103 Å². The number of carbonyl (C=O) groups excluding carboxylic acids is 1. The van der Waals surface area contributed by atoms with Gasteiger partial charge in [-0.25, -0.2) is 0 Å². The van der Waals surface area contributed by atoms with Crippen LogP contribution in [0, 0.1) is 12.3 Å². The maximum atomic E-state index is 11.8. The Morgan fingerprint density at radius 3 is 1.07 bits per heavy atom. The average Bonchev–Trinajstić information content (AvgIpc) is 3.03. The third kappa shape index (κ3) is 38.8. The smallest absolute Gasteiger partial charge is 0.305 e. The van der Waals surface area contributed by atoms with Crippen LogP contribution in [0.15, 0.2) is 0 Å². The van der Waals surface area contributed by atoms with E-state index in [2.05, 4.69) is 12.8 Å². The molecule has 0 saturated heterocycles. The number of rotatable bonds is 38. The first-order valence-corrected chi connectivity index (χ1v) is 17.4. The maximum Gasteiger partial charge on any atom is 0.305 e. The number of esters is 1. The number of ether oxygens (including phenoxy) is 8. The summed E-state index contributed by atoms with van der Waals surface area (Å²) in [6, 6.07) is 0. The summed E-state index contributed by atoms with van der Waals surface area (Å²) in [6.45, 7) is 9.26. The van der Waals surface area contributed by atoms with Crippen LogP contribution in [-0.4, -0.2) is 105 Å². The summed E-state index contributed by atoms with van der Waals surface area (Å²) in [4.78, 5) is 11.8. The topological polar surface area (TPSA) is 90.9 Å². The molecule has 0 bridgehead atoms. The normalized spacial score (nSPS) is 11.2. The van der Waals surface area contributed by atoms with Crippen molar-refractivity contribution in [2.75, 3.05) is 99.1 Å². The van der Waals surface area contributed by atoms with Gasteiger partial charge in [0.15, 0.2) is 0 Å². The van der Waals surface area contributed by atoms with Crippen LogP contribution >= 0.6 is 0 Å². The van der Waals surface area contributed by atoms with Crippen molar-refractivity contribution in [3.63, 3.8) is 0 Å². The van der Waals surface area contributed by atoms with E-state index in [1.165, 1.54) is 83.5 Å². The van der Waals surface area contributed by atoms with Gasteiger partial charge in [-0.15, -0.1) is 6.42 Å². The summed E-state index contributed by atoms with van der Waals surface area (Å²) in [6.07, 6.45) is 25.4. The minimum Gasteiger partial charge on any atom is -0.463 e. The third-order valence-electron chi connectivity index (χ3n) is 6.89. The van der Waals surface area contributed by atoms with E-state index in [-0.39, 0.29) is 5.97 Å². The Hall–Kier alpha value is -1.25. The minimum absolute atomic E-state index is 0.128. The van der Waals surface area contributed by atoms with Crippen molar-refractivity contribution < 1.29 is 42.7 Å². The fraction of sp³-hybridized carbons (Fsp3) is 0.914. The lowest BCUT2D eigenvalue weighted by atomic mass is 10.0. The standard InChI is InChI=1S/C35H66O9/c1-3-5-6-7-8-9-10-11-12-13-14-15-16-17-18-19-35(36)44-34-33-43-32-31-42-30-29-41-28-27-40-26-25-39-24-23-38-22-21-37-20-4-2/h2H,3,5-34H2,1H3. The molecule has 0 aliphatic heterocycles. The van der Waals surface area contributed by atoms with Crippen LogP contribution < -0.4 is 0 Å². The molecule has 0 N–H and O–H groups in total. The molecule has 0 radical (unpaired) electrons. The molecule has 0 aromatic heterocycles. The highest BCUT2D eigenvalue weighted by Gasteiger charge is 2.03. The molecule has 0 rings (SSSR count). The summed E-state index contributed by atoms with van der Waals surface area (Å²) in [5.41, 5.74) is 0. The number of unbranched alkanes of at least 4 members (excludes halogenated alkanes) is 14. The Kier molecular flexibility index (Phi) is 38.6. The van der Waals surface area contributed by atoms with Gasteiger partial charge in [0.05, 0.1) is 85.9 Å². The lowest BCUT2D eigenvalue weighted by molar-refractivity contribution is -0.145.